The van der Waals surface area contributed by atoms with Crippen molar-refractivity contribution in [2.24, 2.45) is 0 Å². The third-order valence-electron chi connectivity index (χ3n) is 9.66. The Morgan fingerprint density at radius 2 is 1.54 bits per heavy atom. The zero-order chi connectivity index (χ0) is 40.2. The van der Waals surface area contributed by atoms with Gasteiger partial charge in [0, 0.05) is 43.7 Å². The Bertz CT molecular complexity index is 1900. The minimum Gasteiger partial charge on any atom is -0.497 e. The van der Waals surface area contributed by atoms with Crippen molar-refractivity contribution in [2.75, 3.05) is 40.5 Å². The molecule has 302 valence electrons. The standard InChI is InChI=1S/C42H55N4O9P/c1-8-45(9-2)56(53-25-13-16-38(47)43-29(3)4)55-36-26-39(46-27-30(5)40(48)44-41(46)49)54-37(36)28-52-42(31-14-11-10-12-15-31,32-17-21-34(50-6)22-18-32)33-19-23-35(51-7)24-20-33/h10-12,14-15,17-24,27,29,36-37,39H,8-9,13,16,25-26,28H2,1-7H3,(H,43,47)(H,44,48,49)/t36-,37+,39+,56?/m0/s1. The Hall–Kier alpha value is -4.36. The number of aromatic nitrogens is 2. The largest absolute Gasteiger partial charge is 0.497 e. The van der Waals surface area contributed by atoms with Gasteiger partial charge in [0.25, 0.3) is 14.1 Å². The maximum absolute atomic E-state index is 13.2. The van der Waals surface area contributed by atoms with Crippen molar-refractivity contribution in [2.45, 2.75) is 84.0 Å². The molecule has 0 saturated carbocycles. The van der Waals surface area contributed by atoms with Gasteiger partial charge in [0.1, 0.15) is 29.4 Å². The molecule has 56 heavy (non-hydrogen) atoms. The van der Waals surface area contributed by atoms with E-state index in [1.165, 1.54) is 10.8 Å². The van der Waals surface area contributed by atoms with Gasteiger partial charge in [0.15, 0.2) is 0 Å². The summed E-state index contributed by atoms with van der Waals surface area (Å²) in [5.74, 6) is 1.37. The van der Waals surface area contributed by atoms with E-state index in [1.807, 2.05) is 107 Å². The van der Waals surface area contributed by atoms with Gasteiger partial charge in [-0.25, -0.2) is 9.46 Å². The maximum atomic E-state index is 13.2. The highest BCUT2D eigenvalue weighted by molar-refractivity contribution is 7.44. The fourth-order valence-corrected chi connectivity index (χ4v) is 8.29. The lowest BCUT2D eigenvalue weighted by Gasteiger charge is -2.37. The first-order chi connectivity index (χ1) is 27.0. The summed E-state index contributed by atoms with van der Waals surface area (Å²) in [6.45, 7) is 11.3. The second kappa shape index (κ2) is 20.2. The monoisotopic (exact) mass is 790 g/mol. The third kappa shape index (κ3) is 10.3. The van der Waals surface area contributed by atoms with E-state index in [0.717, 1.165) is 16.7 Å². The van der Waals surface area contributed by atoms with Gasteiger partial charge < -0.3 is 33.3 Å². The van der Waals surface area contributed by atoms with Crippen molar-refractivity contribution in [1.82, 2.24) is 19.5 Å². The summed E-state index contributed by atoms with van der Waals surface area (Å²) in [7, 11) is 1.65. The highest BCUT2D eigenvalue weighted by Crippen LogP contribution is 2.48. The second-order valence-electron chi connectivity index (χ2n) is 13.8. The molecule has 1 fully saturated rings. The van der Waals surface area contributed by atoms with E-state index in [0.29, 0.717) is 49.6 Å². The number of aromatic amines is 1. The first-order valence-electron chi connectivity index (χ1n) is 19.1. The van der Waals surface area contributed by atoms with E-state index < -0.39 is 43.8 Å². The first-order valence-corrected chi connectivity index (χ1v) is 20.3. The summed E-state index contributed by atoms with van der Waals surface area (Å²) in [6.07, 6.45) is 0.614. The normalized spacial score (nSPS) is 17.6. The van der Waals surface area contributed by atoms with E-state index in [1.54, 1.807) is 21.1 Å². The topological polar surface area (TPSA) is 143 Å². The quantitative estimate of drug-likeness (QED) is 0.0584. The van der Waals surface area contributed by atoms with Gasteiger partial charge in [-0.05, 0) is 68.1 Å². The number of carbonyl (C=O) groups is 1. The molecule has 0 aliphatic carbocycles. The number of carbonyl (C=O) groups excluding carboxylic acids is 1. The Morgan fingerprint density at radius 1 is 0.946 bits per heavy atom. The summed E-state index contributed by atoms with van der Waals surface area (Å²) in [5.41, 5.74) is 0.794. The third-order valence-corrected chi connectivity index (χ3v) is 11.5. The van der Waals surface area contributed by atoms with Crippen LogP contribution in [-0.2, 0) is 28.9 Å². The average molecular weight is 791 g/mol. The molecule has 3 aromatic carbocycles. The molecule has 14 heteroatoms. The fourth-order valence-electron chi connectivity index (χ4n) is 6.73. The molecule has 2 N–H and O–H groups in total. The van der Waals surface area contributed by atoms with E-state index in [2.05, 4.69) is 15.0 Å². The van der Waals surface area contributed by atoms with E-state index in [-0.39, 0.29) is 25.0 Å². The molecule has 1 aliphatic rings. The number of aryl methyl sites for hydroxylation is 1. The van der Waals surface area contributed by atoms with Crippen LogP contribution in [0.2, 0.25) is 0 Å². The van der Waals surface area contributed by atoms with Gasteiger partial charge in [0.05, 0.1) is 33.5 Å². The van der Waals surface area contributed by atoms with Crippen molar-refractivity contribution in [3.05, 3.63) is 128 Å². The number of nitrogens with one attached hydrogen (secondary N) is 2. The second-order valence-corrected chi connectivity index (χ2v) is 15.3. The van der Waals surface area contributed by atoms with Crippen LogP contribution in [0.3, 0.4) is 0 Å². The molecule has 1 saturated heterocycles. The number of H-pyrrole nitrogens is 1. The van der Waals surface area contributed by atoms with E-state index in [9.17, 15) is 14.4 Å². The lowest BCUT2D eigenvalue weighted by Crippen LogP contribution is -2.39. The summed E-state index contributed by atoms with van der Waals surface area (Å²) >= 11 is 0. The predicted octanol–water partition coefficient (Wildman–Crippen LogP) is 6.43. The molecule has 0 radical (unpaired) electrons. The van der Waals surface area contributed by atoms with Gasteiger partial charge in [-0.2, -0.15) is 0 Å². The molecule has 13 nitrogen and oxygen atoms in total. The first kappa shape index (κ1) is 42.8. The summed E-state index contributed by atoms with van der Waals surface area (Å²) in [5, 5.41) is 2.92. The minimum atomic E-state index is -1.61. The number of hydrogen-bond donors (Lipinski definition) is 2. The van der Waals surface area contributed by atoms with Crippen LogP contribution in [0.25, 0.3) is 0 Å². The number of amides is 1. The summed E-state index contributed by atoms with van der Waals surface area (Å²) in [4.78, 5) is 40.2. The van der Waals surface area contributed by atoms with Crippen molar-refractivity contribution in [3.63, 3.8) is 0 Å². The predicted molar refractivity (Wildman–Crippen MR) is 216 cm³/mol. The number of methoxy groups -OCH3 is 2. The Balaban J connectivity index is 1.53. The van der Waals surface area contributed by atoms with Crippen LogP contribution in [0, 0.1) is 6.92 Å². The van der Waals surface area contributed by atoms with Crippen LogP contribution >= 0.6 is 8.53 Å². The molecule has 5 rings (SSSR count). The fraction of sp³-hybridized carbons (Fsp3) is 0.452. The molecule has 1 aromatic heterocycles. The Morgan fingerprint density at radius 3 is 2.09 bits per heavy atom. The number of hydrogen-bond acceptors (Lipinski definition) is 10. The van der Waals surface area contributed by atoms with Crippen LogP contribution in [0.15, 0.2) is 94.6 Å². The lowest BCUT2D eigenvalue weighted by atomic mass is 9.80. The van der Waals surface area contributed by atoms with Crippen molar-refractivity contribution in [3.8, 4) is 11.5 Å². The number of ether oxygens (including phenoxy) is 4. The number of nitrogens with zero attached hydrogens (tertiary/aromatic N) is 2. The summed E-state index contributed by atoms with van der Waals surface area (Å²) < 4.78 is 41.7. The molecule has 1 unspecified atom stereocenters. The molecule has 4 aromatic rings. The van der Waals surface area contributed by atoms with Gasteiger partial charge >= 0.3 is 5.69 Å². The molecule has 1 aliphatic heterocycles. The summed E-state index contributed by atoms with van der Waals surface area (Å²) in [6, 6.07) is 25.6. The highest BCUT2D eigenvalue weighted by Gasteiger charge is 2.44. The molecule has 4 atom stereocenters. The van der Waals surface area contributed by atoms with Gasteiger partial charge in [-0.1, -0.05) is 68.4 Å². The molecular weight excluding hydrogens is 735 g/mol. The maximum Gasteiger partial charge on any atom is 0.330 e. The number of benzene rings is 3. The van der Waals surface area contributed by atoms with Gasteiger partial charge in [0.2, 0.25) is 5.91 Å². The van der Waals surface area contributed by atoms with Gasteiger partial charge in [-0.15, -0.1) is 0 Å². The molecule has 0 bridgehead atoms. The smallest absolute Gasteiger partial charge is 0.330 e. The van der Waals surface area contributed by atoms with Crippen LogP contribution in [-0.4, -0.2) is 78.9 Å². The highest BCUT2D eigenvalue weighted by atomic mass is 31.2. The SMILES string of the molecule is CCN(CC)P(OCCCC(=O)NC(C)C)O[C@H]1C[C@H](n2cc(C)c(=O)[nH]c2=O)O[C@@H]1COC(c1ccccc1)(c1ccc(OC)cc1)c1ccc(OC)cc1. The van der Waals surface area contributed by atoms with Gasteiger partial charge in [-0.3, -0.25) is 19.1 Å². The molecular formula is C42H55N4O9P. The van der Waals surface area contributed by atoms with Crippen LogP contribution < -0.4 is 26.0 Å². The zero-order valence-electron chi connectivity index (χ0n) is 33.4. The van der Waals surface area contributed by atoms with E-state index >= 15 is 0 Å². The molecule has 2 heterocycles. The number of rotatable bonds is 20. The van der Waals surface area contributed by atoms with E-state index in [4.69, 9.17) is 28.0 Å². The van der Waals surface area contributed by atoms with Crippen molar-refractivity contribution < 1.29 is 32.8 Å². The van der Waals surface area contributed by atoms with Crippen molar-refractivity contribution in [1.29, 1.82) is 0 Å². The minimum absolute atomic E-state index is 0.0295. The molecule has 1 amide bonds. The van der Waals surface area contributed by atoms with Crippen LogP contribution in [0.4, 0.5) is 0 Å². The van der Waals surface area contributed by atoms with Crippen LogP contribution in [0.1, 0.15) is 75.4 Å². The Kier molecular flexibility index (Phi) is 15.4. The van der Waals surface area contributed by atoms with Crippen LogP contribution in [0.5, 0.6) is 11.5 Å². The lowest BCUT2D eigenvalue weighted by molar-refractivity contribution is -0.121. The zero-order valence-corrected chi connectivity index (χ0v) is 34.3. The average Bonchev–Trinajstić information content (AvgIpc) is 3.60. The Labute approximate surface area is 330 Å². The molecule has 0 spiro atoms. The van der Waals surface area contributed by atoms with Crippen molar-refractivity contribution >= 4 is 14.4 Å².